The van der Waals surface area contributed by atoms with Gasteiger partial charge >= 0.3 is 0 Å². The first-order valence-electron chi connectivity index (χ1n) is 6.12. The van der Waals surface area contributed by atoms with Crippen LogP contribution in [-0.4, -0.2) is 36.3 Å². The average Bonchev–Trinajstić information content (AvgIpc) is 2.75. The second-order valence-corrected chi connectivity index (χ2v) is 4.75. The molecular formula is C13H15FN2O2. The summed E-state index contributed by atoms with van der Waals surface area (Å²) in [5.41, 5.74) is 0.555. The molecule has 0 radical (unpaired) electrons. The van der Waals surface area contributed by atoms with Gasteiger partial charge in [-0.05, 0) is 43.2 Å². The summed E-state index contributed by atoms with van der Waals surface area (Å²) in [7, 11) is 2.09. The van der Waals surface area contributed by atoms with Gasteiger partial charge < -0.3 is 14.2 Å². The lowest BCUT2D eigenvalue weighted by Gasteiger charge is -2.28. The maximum atomic E-state index is 13.2. The fourth-order valence-corrected chi connectivity index (χ4v) is 2.23. The van der Waals surface area contributed by atoms with Crippen LogP contribution in [-0.2, 0) is 0 Å². The summed E-state index contributed by atoms with van der Waals surface area (Å²) in [5, 5.41) is 4.48. The van der Waals surface area contributed by atoms with Crippen LogP contribution in [0.1, 0.15) is 12.8 Å². The van der Waals surface area contributed by atoms with Crippen LogP contribution >= 0.6 is 0 Å². The molecule has 0 aliphatic carbocycles. The van der Waals surface area contributed by atoms with Crippen molar-refractivity contribution < 1.29 is 13.7 Å². The Morgan fingerprint density at radius 2 is 2.17 bits per heavy atom. The second-order valence-electron chi connectivity index (χ2n) is 4.75. The van der Waals surface area contributed by atoms with Crippen molar-refractivity contribution in [3.8, 4) is 5.88 Å². The van der Waals surface area contributed by atoms with Crippen LogP contribution in [0.5, 0.6) is 5.88 Å². The highest BCUT2D eigenvalue weighted by Crippen LogP contribution is 2.27. The van der Waals surface area contributed by atoms with E-state index in [9.17, 15) is 4.39 Å². The molecular weight excluding hydrogens is 235 g/mol. The molecule has 1 aliphatic heterocycles. The molecule has 1 fully saturated rings. The van der Waals surface area contributed by atoms with Crippen LogP contribution in [0.3, 0.4) is 0 Å². The topological polar surface area (TPSA) is 38.5 Å². The van der Waals surface area contributed by atoms with Crippen LogP contribution in [0.15, 0.2) is 22.7 Å². The lowest BCUT2D eigenvalue weighted by atomic mass is 10.1. The molecule has 1 saturated heterocycles. The molecule has 96 valence electrons. The van der Waals surface area contributed by atoms with E-state index in [2.05, 4.69) is 17.1 Å². The lowest BCUT2D eigenvalue weighted by Crippen LogP contribution is -2.35. The molecule has 1 aromatic heterocycles. The van der Waals surface area contributed by atoms with Crippen molar-refractivity contribution in [2.45, 2.75) is 18.9 Å². The van der Waals surface area contributed by atoms with Crippen molar-refractivity contribution in [1.82, 2.24) is 10.1 Å². The first-order chi connectivity index (χ1) is 8.72. The van der Waals surface area contributed by atoms with Gasteiger partial charge in [0, 0.05) is 13.1 Å². The summed E-state index contributed by atoms with van der Waals surface area (Å²) >= 11 is 0. The zero-order valence-electron chi connectivity index (χ0n) is 10.2. The lowest BCUT2D eigenvalue weighted by molar-refractivity contribution is 0.107. The summed E-state index contributed by atoms with van der Waals surface area (Å²) in [5.74, 6) is 0.0954. The minimum absolute atomic E-state index is 0.137. The van der Waals surface area contributed by atoms with Crippen LogP contribution in [0.25, 0.3) is 11.0 Å². The first-order valence-corrected chi connectivity index (χ1v) is 6.12. The van der Waals surface area contributed by atoms with E-state index in [1.165, 1.54) is 12.1 Å². The standard InChI is InChI=1S/C13H15FN2O2/c1-16-6-4-10(5-7-16)17-13-11-8-9(14)2-3-12(11)18-15-13/h2-3,8,10H,4-7H2,1H3. The molecule has 2 heterocycles. The number of halogens is 1. The number of rotatable bonds is 2. The molecule has 0 unspecified atom stereocenters. The van der Waals surface area contributed by atoms with Crippen LogP contribution in [0.2, 0.25) is 0 Å². The third kappa shape index (κ3) is 2.18. The molecule has 5 heteroatoms. The maximum absolute atomic E-state index is 13.2. The summed E-state index contributed by atoms with van der Waals surface area (Å²) in [4.78, 5) is 2.26. The Kier molecular flexibility index (Phi) is 2.91. The Labute approximate surface area is 104 Å². The molecule has 3 rings (SSSR count). The monoisotopic (exact) mass is 250 g/mol. The van der Waals surface area contributed by atoms with Crippen LogP contribution in [0, 0.1) is 5.82 Å². The summed E-state index contributed by atoms with van der Waals surface area (Å²) in [6.07, 6.45) is 2.05. The molecule has 0 N–H and O–H groups in total. The van der Waals surface area contributed by atoms with E-state index in [0.29, 0.717) is 16.8 Å². The van der Waals surface area contributed by atoms with Gasteiger partial charge in [-0.3, -0.25) is 0 Å². The van der Waals surface area contributed by atoms with Crippen molar-refractivity contribution in [3.05, 3.63) is 24.0 Å². The molecule has 0 bridgehead atoms. The molecule has 0 saturated carbocycles. The zero-order valence-corrected chi connectivity index (χ0v) is 10.2. The molecule has 1 aliphatic rings. The maximum Gasteiger partial charge on any atom is 0.262 e. The number of ether oxygens (including phenoxy) is 1. The fourth-order valence-electron chi connectivity index (χ4n) is 2.23. The van der Waals surface area contributed by atoms with E-state index >= 15 is 0 Å². The van der Waals surface area contributed by atoms with Gasteiger partial charge in [-0.1, -0.05) is 0 Å². The fraction of sp³-hybridized carbons (Fsp3) is 0.462. The summed E-state index contributed by atoms with van der Waals surface area (Å²) in [6, 6.07) is 4.32. The molecule has 4 nitrogen and oxygen atoms in total. The minimum Gasteiger partial charge on any atom is -0.472 e. The summed E-state index contributed by atoms with van der Waals surface area (Å²) in [6.45, 7) is 2.02. The SMILES string of the molecule is CN1CCC(Oc2noc3ccc(F)cc23)CC1. The Morgan fingerprint density at radius 1 is 1.39 bits per heavy atom. The van der Waals surface area contributed by atoms with E-state index in [1.807, 2.05) is 0 Å². The van der Waals surface area contributed by atoms with Crippen LogP contribution < -0.4 is 4.74 Å². The Morgan fingerprint density at radius 3 is 2.94 bits per heavy atom. The van der Waals surface area contributed by atoms with Crippen molar-refractivity contribution >= 4 is 11.0 Å². The van der Waals surface area contributed by atoms with Gasteiger partial charge in [0.2, 0.25) is 0 Å². The average molecular weight is 250 g/mol. The van der Waals surface area contributed by atoms with Crippen molar-refractivity contribution in [2.24, 2.45) is 0 Å². The Bertz CT molecular complexity index is 547. The normalized spacial score (nSPS) is 18.3. The van der Waals surface area contributed by atoms with Gasteiger partial charge in [0.1, 0.15) is 11.9 Å². The van der Waals surface area contributed by atoms with E-state index in [0.717, 1.165) is 25.9 Å². The largest absolute Gasteiger partial charge is 0.472 e. The number of aromatic nitrogens is 1. The van der Waals surface area contributed by atoms with E-state index in [1.54, 1.807) is 6.07 Å². The van der Waals surface area contributed by atoms with Gasteiger partial charge in [-0.15, -0.1) is 0 Å². The highest BCUT2D eigenvalue weighted by molar-refractivity contribution is 5.82. The molecule has 0 amide bonds. The van der Waals surface area contributed by atoms with Crippen LogP contribution in [0.4, 0.5) is 4.39 Å². The summed E-state index contributed by atoms with van der Waals surface area (Å²) < 4.78 is 24.1. The van der Waals surface area contributed by atoms with Gasteiger partial charge in [0.25, 0.3) is 5.88 Å². The van der Waals surface area contributed by atoms with E-state index in [-0.39, 0.29) is 11.9 Å². The van der Waals surface area contributed by atoms with Crippen molar-refractivity contribution in [2.75, 3.05) is 20.1 Å². The number of benzene rings is 1. The number of likely N-dealkylation sites (tertiary alicyclic amines) is 1. The molecule has 0 spiro atoms. The van der Waals surface area contributed by atoms with Gasteiger partial charge in [-0.25, -0.2) is 4.39 Å². The molecule has 2 aromatic rings. The second kappa shape index (κ2) is 4.57. The highest BCUT2D eigenvalue weighted by atomic mass is 19.1. The predicted octanol–water partition coefficient (Wildman–Crippen LogP) is 2.44. The third-order valence-corrected chi connectivity index (χ3v) is 3.34. The Hall–Kier alpha value is -1.62. The number of hydrogen-bond acceptors (Lipinski definition) is 4. The van der Waals surface area contributed by atoms with E-state index in [4.69, 9.17) is 9.26 Å². The highest BCUT2D eigenvalue weighted by Gasteiger charge is 2.20. The molecule has 0 atom stereocenters. The minimum atomic E-state index is -0.307. The quantitative estimate of drug-likeness (QED) is 0.820. The first kappa shape index (κ1) is 11.5. The van der Waals surface area contributed by atoms with Gasteiger partial charge in [-0.2, -0.15) is 0 Å². The Balaban J connectivity index is 1.80. The number of fused-ring (bicyclic) bond motifs is 1. The number of piperidine rings is 1. The van der Waals surface area contributed by atoms with Gasteiger partial charge in [0.05, 0.1) is 5.39 Å². The van der Waals surface area contributed by atoms with Crippen molar-refractivity contribution in [3.63, 3.8) is 0 Å². The molecule has 1 aromatic carbocycles. The predicted molar refractivity (Wildman–Crippen MR) is 65.1 cm³/mol. The van der Waals surface area contributed by atoms with Crippen molar-refractivity contribution in [1.29, 1.82) is 0 Å². The zero-order chi connectivity index (χ0) is 12.5. The van der Waals surface area contributed by atoms with Gasteiger partial charge in [0.15, 0.2) is 5.58 Å². The van der Waals surface area contributed by atoms with E-state index < -0.39 is 0 Å². The third-order valence-electron chi connectivity index (χ3n) is 3.34. The smallest absolute Gasteiger partial charge is 0.262 e. The molecule has 18 heavy (non-hydrogen) atoms. The number of nitrogens with zero attached hydrogens (tertiary/aromatic N) is 2. The number of hydrogen-bond donors (Lipinski definition) is 0.